The molecule has 1 amide bonds. The van der Waals surface area contributed by atoms with Gasteiger partial charge in [0.05, 0.1) is 5.75 Å². The van der Waals surface area contributed by atoms with Crippen molar-refractivity contribution in [1.82, 2.24) is 5.32 Å². The summed E-state index contributed by atoms with van der Waals surface area (Å²) in [5.74, 6) is -3.17. The van der Waals surface area contributed by atoms with Crippen molar-refractivity contribution >= 4 is 21.7 Å². The van der Waals surface area contributed by atoms with E-state index in [4.69, 9.17) is 5.11 Å². The Bertz CT molecular complexity index is 629. The lowest BCUT2D eigenvalue weighted by Crippen LogP contribution is -2.42. The lowest BCUT2D eigenvalue weighted by Gasteiger charge is -2.14. The maximum Gasteiger partial charge on any atom is 0.326 e. The molecule has 0 heterocycles. The third kappa shape index (κ3) is 5.50. The lowest BCUT2D eigenvalue weighted by atomic mass is 10.1. The predicted molar refractivity (Wildman–Crippen MR) is 74.2 cm³/mol. The Balaban J connectivity index is 2.75. The van der Waals surface area contributed by atoms with Crippen LogP contribution in [0.25, 0.3) is 0 Å². The quantitative estimate of drug-likeness (QED) is 0.776. The van der Waals surface area contributed by atoms with Crippen molar-refractivity contribution in [3.05, 3.63) is 35.6 Å². The number of carboxylic acid groups (broad SMARTS) is 1. The second kappa shape index (κ2) is 7.16. The molecule has 0 bridgehead atoms. The molecule has 0 saturated carbocycles. The van der Waals surface area contributed by atoms with Gasteiger partial charge >= 0.3 is 5.97 Å². The van der Waals surface area contributed by atoms with Crippen molar-refractivity contribution in [3.8, 4) is 0 Å². The average Bonchev–Trinajstić information content (AvgIpc) is 2.42. The van der Waals surface area contributed by atoms with Crippen molar-refractivity contribution in [2.75, 3.05) is 11.5 Å². The van der Waals surface area contributed by atoms with Gasteiger partial charge in [-0.25, -0.2) is 17.6 Å². The van der Waals surface area contributed by atoms with Crippen LogP contribution in [0.5, 0.6) is 0 Å². The topological polar surface area (TPSA) is 101 Å². The van der Waals surface area contributed by atoms with Crippen LogP contribution < -0.4 is 5.32 Å². The highest BCUT2D eigenvalue weighted by atomic mass is 32.2. The van der Waals surface area contributed by atoms with Gasteiger partial charge < -0.3 is 10.4 Å². The van der Waals surface area contributed by atoms with E-state index in [0.717, 1.165) is 12.1 Å². The molecular weight excluding hydrogens is 301 g/mol. The van der Waals surface area contributed by atoms with Gasteiger partial charge in [-0.1, -0.05) is 13.0 Å². The summed E-state index contributed by atoms with van der Waals surface area (Å²) in [6, 6.07) is 3.43. The Labute approximate surface area is 121 Å². The molecule has 1 unspecified atom stereocenters. The van der Waals surface area contributed by atoms with Crippen LogP contribution in [0.3, 0.4) is 0 Å². The van der Waals surface area contributed by atoms with Gasteiger partial charge in [0, 0.05) is 11.3 Å². The number of carbonyl (C=O) groups is 2. The number of amides is 1. The summed E-state index contributed by atoms with van der Waals surface area (Å²) >= 11 is 0. The van der Waals surface area contributed by atoms with Gasteiger partial charge in [-0.15, -0.1) is 0 Å². The van der Waals surface area contributed by atoms with Crippen LogP contribution in [-0.4, -0.2) is 42.9 Å². The largest absolute Gasteiger partial charge is 0.480 e. The number of halogens is 1. The molecule has 0 spiro atoms. The molecule has 0 saturated heterocycles. The maximum atomic E-state index is 13.0. The third-order valence-electron chi connectivity index (χ3n) is 2.85. The summed E-state index contributed by atoms with van der Waals surface area (Å²) in [6.45, 7) is 1.45. The van der Waals surface area contributed by atoms with E-state index in [-0.39, 0.29) is 23.5 Å². The first-order valence-corrected chi connectivity index (χ1v) is 8.07. The Morgan fingerprint density at radius 2 is 2.05 bits per heavy atom. The monoisotopic (exact) mass is 317 g/mol. The van der Waals surface area contributed by atoms with Crippen LogP contribution in [0, 0.1) is 5.82 Å². The highest BCUT2D eigenvalue weighted by Crippen LogP contribution is 2.05. The lowest BCUT2D eigenvalue weighted by molar-refractivity contribution is -0.139. The third-order valence-corrected chi connectivity index (χ3v) is 4.58. The first-order chi connectivity index (χ1) is 9.75. The minimum absolute atomic E-state index is 0.0281. The molecule has 0 aliphatic heterocycles. The molecule has 116 valence electrons. The van der Waals surface area contributed by atoms with E-state index in [2.05, 4.69) is 5.32 Å². The van der Waals surface area contributed by atoms with Crippen LogP contribution in [0.15, 0.2) is 24.3 Å². The fourth-order valence-electron chi connectivity index (χ4n) is 1.57. The predicted octanol–water partition coefficient (Wildman–Crippen LogP) is 0.833. The second-order valence-electron chi connectivity index (χ2n) is 4.40. The molecule has 1 atom stereocenters. The summed E-state index contributed by atoms with van der Waals surface area (Å²) in [7, 11) is -3.33. The molecule has 0 radical (unpaired) electrons. The second-order valence-corrected chi connectivity index (χ2v) is 6.87. The van der Waals surface area contributed by atoms with Gasteiger partial charge in [0.2, 0.25) is 0 Å². The smallest absolute Gasteiger partial charge is 0.326 e. The minimum atomic E-state index is -3.33. The number of hydrogen-bond donors (Lipinski definition) is 2. The standard InChI is InChI=1S/C13H16FNO5S/c1-2-21(19,20)7-6-11(13(17)18)15-12(16)9-4-3-5-10(14)8-9/h3-5,8,11H,2,6-7H2,1H3,(H,15,16)(H,17,18). The van der Waals surface area contributed by atoms with Gasteiger partial charge in [0.15, 0.2) is 0 Å². The highest BCUT2D eigenvalue weighted by Gasteiger charge is 2.23. The van der Waals surface area contributed by atoms with Crippen LogP contribution >= 0.6 is 0 Å². The number of benzene rings is 1. The molecule has 1 rings (SSSR count). The summed E-state index contributed by atoms with van der Waals surface area (Å²) in [5, 5.41) is 11.2. The number of carboxylic acids is 1. The zero-order valence-corrected chi connectivity index (χ0v) is 12.2. The van der Waals surface area contributed by atoms with Crippen molar-refractivity contribution in [3.63, 3.8) is 0 Å². The fraction of sp³-hybridized carbons (Fsp3) is 0.385. The molecule has 21 heavy (non-hydrogen) atoms. The Morgan fingerprint density at radius 1 is 1.38 bits per heavy atom. The van der Waals surface area contributed by atoms with Gasteiger partial charge in [-0.05, 0) is 24.6 Å². The van der Waals surface area contributed by atoms with Crippen molar-refractivity contribution < 1.29 is 27.5 Å². The number of sulfone groups is 1. The molecule has 1 aromatic rings. The van der Waals surface area contributed by atoms with Crippen LogP contribution in [-0.2, 0) is 14.6 Å². The van der Waals surface area contributed by atoms with E-state index < -0.39 is 33.6 Å². The van der Waals surface area contributed by atoms with E-state index in [0.29, 0.717) is 0 Å². The molecule has 0 aliphatic carbocycles. The molecule has 0 fully saturated rings. The van der Waals surface area contributed by atoms with Crippen LogP contribution in [0.4, 0.5) is 4.39 Å². The molecular formula is C13H16FNO5S. The van der Waals surface area contributed by atoms with Crippen LogP contribution in [0.1, 0.15) is 23.7 Å². The van der Waals surface area contributed by atoms with Crippen molar-refractivity contribution in [2.45, 2.75) is 19.4 Å². The average molecular weight is 317 g/mol. The molecule has 2 N–H and O–H groups in total. The summed E-state index contributed by atoms with van der Waals surface area (Å²) in [4.78, 5) is 22.9. The van der Waals surface area contributed by atoms with Crippen molar-refractivity contribution in [1.29, 1.82) is 0 Å². The van der Waals surface area contributed by atoms with E-state index >= 15 is 0 Å². The van der Waals surface area contributed by atoms with Gasteiger partial charge in [-0.2, -0.15) is 0 Å². The zero-order valence-electron chi connectivity index (χ0n) is 11.4. The van der Waals surface area contributed by atoms with E-state index in [9.17, 15) is 22.4 Å². The number of carbonyl (C=O) groups excluding carboxylic acids is 1. The van der Waals surface area contributed by atoms with Crippen molar-refractivity contribution in [2.24, 2.45) is 0 Å². The van der Waals surface area contributed by atoms with Gasteiger partial charge in [0.1, 0.15) is 21.7 Å². The maximum absolute atomic E-state index is 13.0. The fourth-order valence-corrected chi connectivity index (χ4v) is 2.45. The molecule has 0 aromatic heterocycles. The molecule has 0 aliphatic rings. The summed E-state index contributed by atoms with van der Waals surface area (Å²) in [6.07, 6.45) is -0.243. The Morgan fingerprint density at radius 3 is 2.57 bits per heavy atom. The molecule has 8 heteroatoms. The first-order valence-electron chi connectivity index (χ1n) is 6.25. The highest BCUT2D eigenvalue weighted by molar-refractivity contribution is 7.91. The van der Waals surface area contributed by atoms with E-state index in [1.165, 1.54) is 19.1 Å². The van der Waals surface area contributed by atoms with E-state index in [1.807, 2.05) is 0 Å². The van der Waals surface area contributed by atoms with Crippen LogP contribution in [0.2, 0.25) is 0 Å². The summed E-state index contributed by atoms with van der Waals surface area (Å²) < 4.78 is 35.7. The van der Waals surface area contributed by atoms with Gasteiger partial charge in [-0.3, -0.25) is 4.79 Å². The normalized spacial score (nSPS) is 12.7. The number of hydrogen-bond acceptors (Lipinski definition) is 4. The summed E-state index contributed by atoms with van der Waals surface area (Å²) in [5.41, 5.74) is -0.0281. The SMILES string of the molecule is CCS(=O)(=O)CCC(NC(=O)c1cccc(F)c1)C(=O)O. The molecule has 6 nitrogen and oxygen atoms in total. The Kier molecular flexibility index (Phi) is 5.83. The first kappa shape index (κ1) is 17.1. The van der Waals surface area contributed by atoms with E-state index in [1.54, 1.807) is 0 Å². The molecule has 1 aromatic carbocycles. The zero-order chi connectivity index (χ0) is 16.0. The van der Waals surface area contributed by atoms with Gasteiger partial charge in [0.25, 0.3) is 5.91 Å². The number of rotatable bonds is 7. The number of aliphatic carboxylic acids is 1. The minimum Gasteiger partial charge on any atom is -0.480 e. The Hall–Kier alpha value is -1.96. The number of nitrogens with one attached hydrogen (secondary N) is 1.